The van der Waals surface area contributed by atoms with E-state index in [0.717, 1.165) is 35.7 Å². The lowest BCUT2D eigenvalue weighted by atomic mass is 9.90. The van der Waals surface area contributed by atoms with E-state index < -0.39 is 15.6 Å². The summed E-state index contributed by atoms with van der Waals surface area (Å²) in [6.45, 7) is 2.88. The largest absolute Gasteiger partial charge is 0.382 e. The molecule has 10 heteroatoms. The fourth-order valence-corrected chi connectivity index (χ4v) is 5.66. The molecule has 224 valence electrons. The van der Waals surface area contributed by atoms with Crippen LogP contribution in [0.15, 0.2) is 66.9 Å². The molecule has 0 aliphatic carbocycles. The van der Waals surface area contributed by atoms with Crippen LogP contribution in [0.25, 0.3) is 22.6 Å². The molecule has 3 heterocycles. The summed E-state index contributed by atoms with van der Waals surface area (Å²) in [6, 6.07) is 18.2. The average Bonchev–Trinajstić information content (AvgIpc) is 3.37. The predicted molar refractivity (Wildman–Crippen MR) is 169 cm³/mol. The van der Waals surface area contributed by atoms with Crippen LogP contribution >= 0.6 is 10.0 Å². The summed E-state index contributed by atoms with van der Waals surface area (Å²) in [7, 11) is 1.33. The molecular formula is C32H41FN6O2S. The van der Waals surface area contributed by atoms with Gasteiger partial charge in [-0.2, -0.15) is 0 Å². The lowest BCUT2D eigenvalue weighted by molar-refractivity contribution is -0.0356. The minimum Gasteiger partial charge on any atom is -0.382 e. The summed E-state index contributed by atoms with van der Waals surface area (Å²) >= 11 is 0. The molecule has 0 radical (unpaired) electrons. The second-order valence-corrected chi connectivity index (χ2v) is 16.4. The summed E-state index contributed by atoms with van der Waals surface area (Å²) in [5.74, 6) is 1.66. The first kappa shape index (κ1) is 30.2. The summed E-state index contributed by atoms with van der Waals surface area (Å²) < 4.78 is 22.2. The topological polar surface area (TPSA) is 88.3 Å². The van der Waals surface area contributed by atoms with Crippen molar-refractivity contribution in [1.29, 1.82) is 0 Å². The number of rotatable bonds is 11. The van der Waals surface area contributed by atoms with Crippen LogP contribution in [0.1, 0.15) is 24.2 Å². The van der Waals surface area contributed by atoms with E-state index in [-0.39, 0.29) is 12.5 Å². The third kappa shape index (κ3) is 7.36. The van der Waals surface area contributed by atoms with Crippen LogP contribution in [0.5, 0.6) is 0 Å². The molecule has 1 fully saturated rings. The SMILES string of the molecule is CN1CCC(O)(c2nc(-c3ccnc(NCc4ccccc4)n3)c(-c3ccc(F)cc3)n2COCCS(C)(C)C)CC1. The maximum atomic E-state index is 14.0. The zero-order valence-corrected chi connectivity index (χ0v) is 25.7. The summed E-state index contributed by atoms with van der Waals surface area (Å²) in [5.41, 5.74) is 2.68. The molecule has 1 aliphatic heterocycles. The first-order valence-electron chi connectivity index (χ1n) is 14.2. The van der Waals surface area contributed by atoms with Gasteiger partial charge in [0.2, 0.25) is 5.95 Å². The van der Waals surface area contributed by atoms with Crippen LogP contribution in [0, 0.1) is 5.82 Å². The Morgan fingerprint density at radius 1 is 1.00 bits per heavy atom. The number of ether oxygens (including phenoxy) is 1. The number of halogens is 1. The summed E-state index contributed by atoms with van der Waals surface area (Å²) in [5, 5.41) is 15.3. The number of hydrogen-bond acceptors (Lipinski definition) is 7. The van der Waals surface area contributed by atoms with E-state index in [4.69, 9.17) is 14.7 Å². The average molecular weight is 593 g/mol. The molecule has 0 atom stereocenters. The van der Waals surface area contributed by atoms with Crippen molar-refractivity contribution in [2.24, 2.45) is 0 Å². The van der Waals surface area contributed by atoms with E-state index in [0.29, 0.717) is 49.2 Å². The van der Waals surface area contributed by atoms with Crippen LogP contribution < -0.4 is 5.32 Å². The third-order valence-corrected chi connectivity index (χ3v) is 8.96. The number of likely N-dealkylation sites (tertiary alicyclic amines) is 1. The molecule has 0 amide bonds. The van der Waals surface area contributed by atoms with Crippen molar-refractivity contribution >= 4 is 16.0 Å². The number of nitrogens with one attached hydrogen (secondary N) is 1. The zero-order valence-electron chi connectivity index (χ0n) is 24.9. The number of anilines is 1. The van der Waals surface area contributed by atoms with Gasteiger partial charge in [0.1, 0.15) is 29.7 Å². The molecule has 5 rings (SSSR count). The van der Waals surface area contributed by atoms with Crippen LogP contribution in [0.4, 0.5) is 10.3 Å². The van der Waals surface area contributed by atoms with Gasteiger partial charge in [-0.1, -0.05) is 30.3 Å². The van der Waals surface area contributed by atoms with Gasteiger partial charge < -0.3 is 24.6 Å². The van der Waals surface area contributed by atoms with Crippen molar-refractivity contribution in [1.82, 2.24) is 24.4 Å². The highest BCUT2D eigenvalue weighted by Crippen LogP contribution is 2.40. The van der Waals surface area contributed by atoms with E-state index >= 15 is 0 Å². The predicted octanol–water partition coefficient (Wildman–Crippen LogP) is 5.34. The van der Waals surface area contributed by atoms with Gasteiger partial charge in [0.25, 0.3) is 0 Å². The van der Waals surface area contributed by atoms with Gasteiger partial charge >= 0.3 is 0 Å². The number of hydrogen-bond donors (Lipinski definition) is 2. The van der Waals surface area contributed by atoms with Gasteiger partial charge in [0, 0.05) is 37.1 Å². The molecule has 1 aliphatic rings. The molecule has 2 aromatic carbocycles. The highest BCUT2D eigenvalue weighted by Gasteiger charge is 2.39. The molecule has 0 spiro atoms. The van der Waals surface area contributed by atoms with Crippen molar-refractivity contribution < 1.29 is 14.2 Å². The molecule has 4 aromatic rings. The monoisotopic (exact) mass is 592 g/mol. The van der Waals surface area contributed by atoms with Gasteiger partial charge in [-0.15, -0.1) is 0 Å². The molecule has 0 bridgehead atoms. The molecule has 1 saturated heterocycles. The lowest BCUT2D eigenvalue weighted by Gasteiger charge is -2.36. The van der Waals surface area contributed by atoms with Crippen molar-refractivity contribution in [3.8, 4) is 22.6 Å². The Morgan fingerprint density at radius 3 is 2.40 bits per heavy atom. The molecular weight excluding hydrogens is 551 g/mol. The standard InChI is InChI=1S/C32H41FN6O2S/c1-38-18-15-32(40,16-19-38)30-37-28(27-14-17-34-31(36-27)35-22-24-8-6-5-7-9-24)29(25-10-12-26(33)13-11-25)39(30)23-41-20-21-42(2,3)4/h5-14,17,40H,15-16,18-23H2,1-4H3,(H,34,35,36). The Morgan fingerprint density at radius 2 is 1.71 bits per heavy atom. The molecule has 2 aromatic heterocycles. The highest BCUT2D eigenvalue weighted by atomic mass is 32.3. The lowest BCUT2D eigenvalue weighted by Crippen LogP contribution is -2.42. The quantitative estimate of drug-likeness (QED) is 0.227. The van der Waals surface area contributed by atoms with Crippen molar-refractivity contribution in [3.63, 3.8) is 0 Å². The Bertz CT molecular complexity index is 1460. The summed E-state index contributed by atoms with van der Waals surface area (Å²) in [4.78, 5) is 16.6. The minimum absolute atomic E-state index is 0.215. The first-order chi connectivity index (χ1) is 20.1. The number of nitrogens with zero attached hydrogens (tertiary/aromatic N) is 5. The number of aromatic nitrogens is 4. The van der Waals surface area contributed by atoms with Crippen LogP contribution in [0.2, 0.25) is 0 Å². The van der Waals surface area contributed by atoms with Gasteiger partial charge in [-0.05, 0) is 74.6 Å². The molecule has 2 N–H and O–H groups in total. The number of imidazole rings is 1. The van der Waals surface area contributed by atoms with Gasteiger partial charge in [0.05, 0.1) is 18.0 Å². The van der Waals surface area contributed by atoms with Crippen LogP contribution in [0.3, 0.4) is 0 Å². The Kier molecular flexibility index (Phi) is 9.27. The second kappa shape index (κ2) is 12.9. The number of piperidine rings is 1. The molecule has 8 nitrogen and oxygen atoms in total. The summed E-state index contributed by atoms with van der Waals surface area (Å²) in [6.07, 6.45) is 9.59. The normalized spacial score (nSPS) is 16.0. The number of benzene rings is 2. The first-order valence-corrected chi connectivity index (χ1v) is 17.3. The van der Waals surface area contributed by atoms with E-state index in [1.54, 1.807) is 18.3 Å². The van der Waals surface area contributed by atoms with Crippen molar-refractivity contribution in [2.75, 3.05) is 56.6 Å². The smallest absolute Gasteiger partial charge is 0.223 e. The second-order valence-electron chi connectivity index (χ2n) is 11.8. The van der Waals surface area contributed by atoms with Crippen LogP contribution in [-0.4, -0.2) is 80.8 Å². The van der Waals surface area contributed by atoms with E-state index in [1.165, 1.54) is 12.1 Å². The Labute approximate surface area is 249 Å². The molecule has 42 heavy (non-hydrogen) atoms. The van der Waals surface area contributed by atoms with Gasteiger partial charge in [-0.3, -0.25) is 0 Å². The van der Waals surface area contributed by atoms with Crippen molar-refractivity contribution in [2.45, 2.75) is 31.7 Å². The van der Waals surface area contributed by atoms with Crippen molar-refractivity contribution in [3.05, 3.63) is 84.1 Å². The van der Waals surface area contributed by atoms with E-state index in [9.17, 15) is 9.50 Å². The highest BCUT2D eigenvalue weighted by molar-refractivity contribution is 8.32. The van der Waals surface area contributed by atoms with E-state index in [1.807, 2.05) is 41.0 Å². The molecule has 0 saturated carbocycles. The maximum absolute atomic E-state index is 14.0. The van der Waals surface area contributed by atoms with E-state index in [2.05, 4.69) is 41.0 Å². The Balaban J connectivity index is 1.58. The van der Waals surface area contributed by atoms with Gasteiger partial charge in [0.15, 0.2) is 0 Å². The van der Waals surface area contributed by atoms with Gasteiger partial charge in [-0.25, -0.2) is 29.4 Å². The fourth-order valence-electron chi connectivity index (χ4n) is 5.04. The third-order valence-electron chi connectivity index (χ3n) is 7.57. The zero-order chi connectivity index (χ0) is 29.7. The molecule has 0 unspecified atom stereocenters. The van der Waals surface area contributed by atoms with Crippen LogP contribution in [-0.2, 0) is 23.6 Å². The maximum Gasteiger partial charge on any atom is 0.223 e. The fraction of sp³-hybridized carbons (Fsp3) is 0.406. The number of aliphatic hydroxyl groups is 1. The Hall–Kier alpha value is -3.31. The minimum atomic E-state index is -1.14.